The first-order valence-corrected chi connectivity index (χ1v) is 8.96. The molecule has 2 aliphatic heterocycles. The van der Waals surface area contributed by atoms with E-state index < -0.39 is 0 Å². The van der Waals surface area contributed by atoms with Crippen LogP contribution in [0, 0.1) is 5.41 Å². The van der Waals surface area contributed by atoms with Crippen LogP contribution in [0.1, 0.15) is 39.5 Å². The van der Waals surface area contributed by atoms with Crippen molar-refractivity contribution in [3.8, 4) is 0 Å². The van der Waals surface area contributed by atoms with E-state index in [0.29, 0.717) is 5.41 Å². The van der Waals surface area contributed by atoms with Crippen molar-refractivity contribution in [2.24, 2.45) is 5.41 Å². The van der Waals surface area contributed by atoms with E-state index in [2.05, 4.69) is 29.0 Å². The normalized spacial score (nSPS) is 31.4. The molecule has 1 saturated carbocycles. The summed E-state index contributed by atoms with van der Waals surface area (Å²) in [7, 11) is 0. The summed E-state index contributed by atoms with van der Waals surface area (Å²) in [6.07, 6.45) is 5.40. The van der Waals surface area contributed by atoms with Crippen LogP contribution in [0.3, 0.4) is 0 Å². The molecule has 2 atom stereocenters. The fourth-order valence-corrected chi connectivity index (χ4v) is 3.71. The summed E-state index contributed by atoms with van der Waals surface area (Å²) in [6.45, 7) is 13.9. The third-order valence-corrected chi connectivity index (χ3v) is 5.66. The van der Waals surface area contributed by atoms with Crippen LogP contribution in [-0.4, -0.2) is 74.4 Å². The number of hydrogen-bond acceptors (Lipinski definition) is 4. The van der Waals surface area contributed by atoms with Gasteiger partial charge in [-0.25, -0.2) is 0 Å². The Labute approximate surface area is 130 Å². The van der Waals surface area contributed by atoms with Crippen LogP contribution in [0.5, 0.6) is 0 Å². The van der Waals surface area contributed by atoms with Gasteiger partial charge in [-0.2, -0.15) is 0 Å². The summed E-state index contributed by atoms with van der Waals surface area (Å²) in [5.74, 6) is 0. The quantitative estimate of drug-likeness (QED) is 0.771. The van der Waals surface area contributed by atoms with E-state index in [1.54, 1.807) is 0 Å². The van der Waals surface area contributed by atoms with Gasteiger partial charge in [0.2, 0.25) is 0 Å². The van der Waals surface area contributed by atoms with Crippen LogP contribution < -0.4 is 5.32 Å². The van der Waals surface area contributed by atoms with Crippen molar-refractivity contribution in [3.05, 3.63) is 0 Å². The Hall–Kier alpha value is -0.160. The van der Waals surface area contributed by atoms with Gasteiger partial charge in [-0.3, -0.25) is 4.90 Å². The Morgan fingerprint density at radius 3 is 2.57 bits per heavy atom. The highest BCUT2D eigenvalue weighted by Crippen LogP contribution is 2.27. The van der Waals surface area contributed by atoms with Crippen molar-refractivity contribution >= 4 is 0 Å². The molecule has 3 fully saturated rings. The van der Waals surface area contributed by atoms with E-state index in [-0.39, 0.29) is 0 Å². The fourth-order valence-electron chi connectivity index (χ4n) is 3.71. The van der Waals surface area contributed by atoms with Gasteiger partial charge in [0.1, 0.15) is 0 Å². The Kier molecular flexibility index (Phi) is 5.20. The molecule has 3 rings (SSSR count). The molecule has 0 aromatic carbocycles. The minimum atomic E-state index is 0.433. The molecular formula is C17H33N3O. The molecule has 0 spiro atoms. The Balaban J connectivity index is 1.45. The molecule has 4 nitrogen and oxygen atoms in total. The van der Waals surface area contributed by atoms with Gasteiger partial charge < -0.3 is 15.0 Å². The van der Waals surface area contributed by atoms with E-state index in [0.717, 1.165) is 38.4 Å². The van der Waals surface area contributed by atoms with Crippen molar-refractivity contribution in [1.82, 2.24) is 15.1 Å². The van der Waals surface area contributed by atoms with Crippen molar-refractivity contribution < 1.29 is 4.74 Å². The first-order valence-electron chi connectivity index (χ1n) is 8.96. The Morgan fingerprint density at radius 1 is 1.14 bits per heavy atom. The van der Waals surface area contributed by atoms with Gasteiger partial charge in [0.05, 0.1) is 13.2 Å². The zero-order valence-corrected chi connectivity index (χ0v) is 13.9. The Bertz CT molecular complexity index is 328. The molecule has 122 valence electrons. The molecule has 0 amide bonds. The maximum absolute atomic E-state index is 5.48. The minimum absolute atomic E-state index is 0.433. The van der Waals surface area contributed by atoms with Gasteiger partial charge in [-0.05, 0) is 37.6 Å². The molecule has 2 unspecified atom stereocenters. The summed E-state index contributed by atoms with van der Waals surface area (Å²) in [5, 5.41) is 3.74. The third-order valence-electron chi connectivity index (χ3n) is 5.66. The standard InChI is InChI=1S/C17H33N3O/c1-3-17(2,13-18-15-4-5-15)14-19-7-6-16(12-19)20-8-10-21-11-9-20/h15-16,18H,3-14H2,1-2H3. The highest BCUT2D eigenvalue weighted by Gasteiger charge is 2.34. The number of ether oxygens (including phenoxy) is 1. The molecule has 2 heterocycles. The minimum Gasteiger partial charge on any atom is -0.379 e. The molecular weight excluding hydrogens is 262 g/mol. The van der Waals surface area contributed by atoms with Crippen LogP contribution in [-0.2, 0) is 4.74 Å². The lowest BCUT2D eigenvalue weighted by Crippen LogP contribution is -2.46. The predicted molar refractivity (Wildman–Crippen MR) is 86.7 cm³/mol. The van der Waals surface area contributed by atoms with Crippen molar-refractivity contribution in [3.63, 3.8) is 0 Å². The summed E-state index contributed by atoms with van der Waals surface area (Å²) >= 11 is 0. The lowest BCUT2D eigenvalue weighted by molar-refractivity contribution is 0.0176. The number of likely N-dealkylation sites (tertiary alicyclic amines) is 1. The molecule has 0 aromatic rings. The maximum Gasteiger partial charge on any atom is 0.0594 e. The average molecular weight is 295 g/mol. The monoisotopic (exact) mass is 295 g/mol. The second-order valence-electron chi connectivity index (χ2n) is 7.65. The van der Waals surface area contributed by atoms with Crippen LogP contribution >= 0.6 is 0 Å². The maximum atomic E-state index is 5.48. The number of rotatable bonds is 7. The summed E-state index contributed by atoms with van der Waals surface area (Å²) in [5.41, 5.74) is 0.433. The highest BCUT2D eigenvalue weighted by atomic mass is 16.5. The van der Waals surface area contributed by atoms with Gasteiger partial charge in [-0.1, -0.05) is 13.8 Å². The average Bonchev–Trinajstić information content (AvgIpc) is 3.25. The van der Waals surface area contributed by atoms with Crippen LogP contribution in [0.25, 0.3) is 0 Å². The van der Waals surface area contributed by atoms with Crippen LogP contribution in [0.2, 0.25) is 0 Å². The fraction of sp³-hybridized carbons (Fsp3) is 1.00. The molecule has 0 bridgehead atoms. The molecule has 1 N–H and O–H groups in total. The van der Waals surface area contributed by atoms with Crippen molar-refractivity contribution in [1.29, 1.82) is 0 Å². The number of morpholine rings is 1. The lowest BCUT2D eigenvalue weighted by Gasteiger charge is -2.35. The van der Waals surface area contributed by atoms with Crippen LogP contribution in [0.4, 0.5) is 0 Å². The molecule has 3 aliphatic rings. The number of nitrogens with zero attached hydrogens (tertiary/aromatic N) is 2. The zero-order valence-electron chi connectivity index (χ0n) is 13.9. The van der Waals surface area contributed by atoms with E-state index >= 15 is 0 Å². The summed E-state index contributed by atoms with van der Waals surface area (Å²) < 4.78 is 5.48. The number of nitrogens with one attached hydrogen (secondary N) is 1. The highest BCUT2D eigenvalue weighted by molar-refractivity contribution is 4.90. The van der Waals surface area contributed by atoms with Crippen LogP contribution in [0.15, 0.2) is 0 Å². The molecule has 1 aliphatic carbocycles. The van der Waals surface area contributed by atoms with Gasteiger partial charge in [0, 0.05) is 44.8 Å². The topological polar surface area (TPSA) is 27.7 Å². The lowest BCUT2D eigenvalue weighted by atomic mass is 9.86. The molecule has 0 radical (unpaired) electrons. The molecule has 4 heteroatoms. The summed E-state index contributed by atoms with van der Waals surface area (Å²) in [6, 6.07) is 1.60. The van der Waals surface area contributed by atoms with Crippen molar-refractivity contribution in [2.75, 3.05) is 52.5 Å². The van der Waals surface area contributed by atoms with E-state index in [1.165, 1.54) is 51.9 Å². The van der Waals surface area contributed by atoms with Gasteiger partial charge in [0.25, 0.3) is 0 Å². The SMILES string of the molecule is CCC(C)(CNC1CC1)CN1CCC(N2CCOCC2)C1. The molecule has 21 heavy (non-hydrogen) atoms. The predicted octanol–water partition coefficient (Wildman–Crippen LogP) is 1.56. The zero-order chi connectivity index (χ0) is 14.7. The Morgan fingerprint density at radius 2 is 1.90 bits per heavy atom. The second-order valence-corrected chi connectivity index (χ2v) is 7.65. The van der Waals surface area contributed by atoms with E-state index in [4.69, 9.17) is 4.74 Å². The molecule has 0 aromatic heterocycles. The first kappa shape index (κ1) is 15.7. The first-order chi connectivity index (χ1) is 10.2. The largest absolute Gasteiger partial charge is 0.379 e. The van der Waals surface area contributed by atoms with Gasteiger partial charge in [-0.15, -0.1) is 0 Å². The third kappa shape index (κ3) is 4.41. The van der Waals surface area contributed by atoms with Crippen molar-refractivity contribution in [2.45, 2.75) is 51.6 Å². The van der Waals surface area contributed by atoms with E-state index in [9.17, 15) is 0 Å². The summed E-state index contributed by atoms with van der Waals surface area (Å²) in [4.78, 5) is 5.35. The van der Waals surface area contributed by atoms with Gasteiger partial charge in [0.15, 0.2) is 0 Å². The smallest absolute Gasteiger partial charge is 0.0594 e. The van der Waals surface area contributed by atoms with Gasteiger partial charge >= 0.3 is 0 Å². The molecule has 2 saturated heterocycles. The second kappa shape index (κ2) is 6.95. The number of hydrogen-bond donors (Lipinski definition) is 1. The van der Waals surface area contributed by atoms with E-state index in [1.807, 2.05) is 0 Å².